The van der Waals surface area contributed by atoms with E-state index in [0.717, 1.165) is 90.2 Å². The molecule has 3 fully saturated rings. The minimum atomic E-state index is -0.433. The molecule has 7 rings (SSSR count). The number of nitrogens with zero attached hydrogens (tertiary/aromatic N) is 2. The number of halogens is 2. The van der Waals surface area contributed by atoms with Crippen molar-refractivity contribution in [2.45, 2.75) is 70.3 Å². The molecule has 1 aliphatic carbocycles. The molecule has 2 N–H and O–H groups in total. The van der Waals surface area contributed by atoms with Crippen LogP contribution < -0.4 is 25.0 Å². The van der Waals surface area contributed by atoms with Gasteiger partial charge in [0.25, 0.3) is 5.91 Å². The summed E-state index contributed by atoms with van der Waals surface area (Å²) in [6.07, 6.45) is 3.49. The summed E-state index contributed by atoms with van der Waals surface area (Å²) in [5.74, 6) is 0.685. The van der Waals surface area contributed by atoms with Gasteiger partial charge in [0.15, 0.2) is 11.6 Å². The lowest BCUT2D eigenvalue weighted by molar-refractivity contribution is -0.128. The van der Waals surface area contributed by atoms with Crippen LogP contribution in [0.4, 0.5) is 10.1 Å². The Hall–Kier alpha value is -3.59. The van der Waals surface area contributed by atoms with Gasteiger partial charge in [-0.3, -0.25) is 4.79 Å². The van der Waals surface area contributed by atoms with E-state index in [9.17, 15) is 9.18 Å². The molecule has 46 heavy (non-hydrogen) atoms. The van der Waals surface area contributed by atoms with E-state index in [0.29, 0.717) is 18.1 Å². The molecule has 3 aromatic carbocycles. The van der Waals surface area contributed by atoms with Crippen molar-refractivity contribution < 1.29 is 18.7 Å². The van der Waals surface area contributed by atoms with Crippen LogP contribution in [0.5, 0.6) is 11.5 Å². The van der Waals surface area contributed by atoms with Crippen LogP contribution in [0.3, 0.4) is 0 Å². The Kier molecular flexibility index (Phi) is 8.70. The number of hydrogen-bond donors (Lipinski definition) is 2. The first-order valence-electron chi connectivity index (χ1n) is 16.4. The fourth-order valence-corrected chi connectivity index (χ4v) is 7.42. The third-order valence-corrected chi connectivity index (χ3v) is 10.5. The molecule has 0 aromatic heterocycles. The van der Waals surface area contributed by atoms with Crippen LogP contribution in [-0.4, -0.2) is 68.3 Å². The van der Waals surface area contributed by atoms with E-state index < -0.39 is 5.82 Å². The molecular formula is C37H42ClFN4O3. The van der Waals surface area contributed by atoms with E-state index in [1.54, 1.807) is 13.2 Å². The van der Waals surface area contributed by atoms with Crippen molar-refractivity contribution in [3.8, 4) is 11.5 Å². The highest BCUT2D eigenvalue weighted by atomic mass is 35.5. The lowest BCUT2D eigenvalue weighted by Crippen LogP contribution is -2.60. The summed E-state index contributed by atoms with van der Waals surface area (Å²) in [5.41, 5.74) is 7.21. The van der Waals surface area contributed by atoms with Crippen molar-refractivity contribution >= 4 is 28.8 Å². The molecule has 3 atom stereocenters. The summed E-state index contributed by atoms with van der Waals surface area (Å²) >= 11 is 6.37. The maximum Gasteiger partial charge on any atom is 0.252 e. The molecule has 4 aliphatic rings. The normalized spacial score (nSPS) is 22.6. The number of hydrogen-bond acceptors (Lipinski definition) is 6. The molecule has 9 heteroatoms. The average molecular weight is 645 g/mol. The van der Waals surface area contributed by atoms with Gasteiger partial charge in [0.1, 0.15) is 11.9 Å². The summed E-state index contributed by atoms with van der Waals surface area (Å²) in [5, 5.41) is 7.62. The second-order valence-electron chi connectivity index (χ2n) is 13.1. The van der Waals surface area contributed by atoms with Crippen molar-refractivity contribution in [1.82, 2.24) is 15.5 Å². The Balaban J connectivity index is 1.13. The second kappa shape index (κ2) is 12.9. The SMILES string of the molecule is COc1cccc(CN(C(=O)C2=C(c3ccc(N4CC[C@@H](Oc5c(F)ccc(C)c5Cl)C4)cc3)C[C@@H]3CNC[C@H]2N3)C2CC2)c1C. The topological polar surface area (TPSA) is 66.1 Å². The van der Waals surface area contributed by atoms with Crippen molar-refractivity contribution in [3.63, 3.8) is 0 Å². The summed E-state index contributed by atoms with van der Waals surface area (Å²) in [6, 6.07) is 18.3. The van der Waals surface area contributed by atoms with Gasteiger partial charge in [-0.1, -0.05) is 41.9 Å². The first-order chi connectivity index (χ1) is 22.3. The van der Waals surface area contributed by atoms with Crippen LogP contribution >= 0.6 is 11.6 Å². The minimum absolute atomic E-state index is 0.0346. The van der Waals surface area contributed by atoms with Gasteiger partial charge in [0.2, 0.25) is 0 Å². The molecule has 0 spiro atoms. The summed E-state index contributed by atoms with van der Waals surface area (Å²) in [7, 11) is 1.69. The van der Waals surface area contributed by atoms with Gasteiger partial charge < -0.3 is 29.9 Å². The Morgan fingerprint density at radius 1 is 1.07 bits per heavy atom. The fourth-order valence-electron chi connectivity index (χ4n) is 7.22. The number of nitrogens with one attached hydrogen (secondary N) is 2. The number of methoxy groups -OCH3 is 1. The van der Waals surface area contributed by atoms with E-state index in [1.165, 1.54) is 6.07 Å². The predicted molar refractivity (Wildman–Crippen MR) is 180 cm³/mol. The number of benzene rings is 3. The summed E-state index contributed by atoms with van der Waals surface area (Å²) in [6.45, 7) is 7.56. The molecule has 3 aliphatic heterocycles. The van der Waals surface area contributed by atoms with E-state index >= 15 is 0 Å². The number of fused-ring (bicyclic) bond motifs is 2. The maximum absolute atomic E-state index is 14.6. The minimum Gasteiger partial charge on any atom is -0.496 e. The first-order valence-corrected chi connectivity index (χ1v) is 16.8. The van der Waals surface area contributed by atoms with Gasteiger partial charge in [-0.2, -0.15) is 0 Å². The quantitative estimate of drug-likeness (QED) is 0.296. The number of rotatable bonds is 9. The van der Waals surface area contributed by atoms with Crippen LogP contribution in [0.1, 0.15) is 47.9 Å². The van der Waals surface area contributed by atoms with E-state index in [4.69, 9.17) is 21.1 Å². The van der Waals surface area contributed by atoms with Gasteiger partial charge in [0, 0.05) is 55.9 Å². The van der Waals surface area contributed by atoms with Crippen molar-refractivity contribution in [3.05, 3.63) is 93.3 Å². The molecule has 1 amide bonds. The second-order valence-corrected chi connectivity index (χ2v) is 13.5. The molecular weight excluding hydrogens is 603 g/mol. The third kappa shape index (κ3) is 6.10. The molecule has 0 radical (unpaired) electrons. The van der Waals surface area contributed by atoms with Crippen molar-refractivity contribution in [1.29, 1.82) is 0 Å². The molecule has 7 nitrogen and oxygen atoms in total. The van der Waals surface area contributed by atoms with Gasteiger partial charge in [-0.25, -0.2) is 4.39 Å². The number of amides is 1. The van der Waals surface area contributed by atoms with Crippen LogP contribution in [0.15, 0.2) is 60.2 Å². The predicted octanol–water partition coefficient (Wildman–Crippen LogP) is 6.04. The van der Waals surface area contributed by atoms with Gasteiger partial charge in [-0.15, -0.1) is 0 Å². The number of carbonyl (C=O) groups is 1. The van der Waals surface area contributed by atoms with Gasteiger partial charge >= 0.3 is 0 Å². The zero-order chi connectivity index (χ0) is 31.9. The highest BCUT2D eigenvalue weighted by Gasteiger charge is 2.41. The molecule has 3 heterocycles. The van der Waals surface area contributed by atoms with Crippen LogP contribution in [0.25, 0.3) is 5.57 Å². The molecule has 2 saturated heterocycles. The number of piperazine rings is 1. The highest BCUT2D eigenvalue weighted by molar-refractivity contribution is 6.32. The van der Waals surface area contributed by atoms with Crippen LogP contribution in [0, 0.1) is 19.7 Å². The third-order valence-electron chi connectivity index (χ3n) is 9.99. The molecule has 3 aromatic rings. The largest absolute Gasteiger partial charge is 0.496 e. The first kappa shape index (κ1) is 31.0. The summed E-state index contributed by atoms with van der Waals surface area (Å²) < 4.78 is 26.1. The van der Waals surface area contributed by atoms with Crippen molar-refractivity contribution in [2.24, 2.45) is 0 Å². The Morgan fingerprint density at radius 3 is 2.63 bits per heavy atom. The lowest BCUT2D eigenvalue weighted by atomic mass is 9.83. The van der Waals surface area contributed by atoms with Gasteiger partial charge in [-0.05, 0) is 85.2 Å². The smallest absolute Gasteiger partial charge is 0.252 e. The van der Waals surface area contributed by atoms with Crippen LogP contribution in [0.2, 0.25) is 5.02 Å². The number of aryl methyl sites for hydroxylation is 1. The Morgan fingerprint density at radius 2 is 1.87 bits per heavy atom. The Labute approximate surface area is 275 Å². The average Bonchev–Trinajstić information content (AvgIpc) is 3.80. The highest BCUT2D eigenvalue weighted by Crippen LogP contribution is 2.38. The van der Waals surface area contributed by atoms with E-state index in [1.807, 2.05) is 19.1 Å². The van der Waals surface area contributed by atoms with Crippen molar-refractivity contribution in [2.75, 3.05) is 38.2 Å². The zero-order valence-corrected chi connectivity index (χ0v) is 27.5. The van der Waals surface area contributed by atoms with E-state index in [2.05, 4.69) is 57.7 Å². The molecule has 2 bridgehead atoms. The zero-order valence-electron chi connectivity index (χ0n) is 26.7. The monoisotopic (exact) mass is 644 g/mol. The Bertz CT molecular complexity index is 1660. The summed E-state index contributed by atoms with van der Waals surface area (Å²) in [4.78, 5) is 18.9. The molecule has 0 unspecified atom stereocenters. The van der Waals surface area contributed by atoms with E-state index in [-0.39, 0.29) is 35.9 Å². The number of ether oxygens (including phenoxy) is 2. The maximum atomic E-state index is 14.6. The molecule has 1 saturated carbocycles. The number of anilines is 1. The number of carbonyl (C=O) groups excluding carboxylic acids is 1. The molecule has 242 valence electrons. The standard InChI is InChI=1S/C37H42ClFN4O3/c1-22-7-14-31(39)36(35(22)38)46-29-15-16-42(21-29)27-10-8-24(9-11-27)30-17-26-18-40-19-32(41-26)34(30)37(44)43(28-12-13-28)20-25-5-4-6-33(45-3)23(25)2/h4-11,14,26,28-29,32,40-41H,12-13,15-21H2,1-3H3/t26-,29-,32-/m1/s1. The van der Waals surface area contributed by atoms with Gasteiger partial charge in [0.05, 0.1) is 24.7 Å². The fraction of sp³-hybridized carbons (Fsp3) is 0.432. The lowest BCUT2D eigenvalue weighted by Gasteiger charge is -2.41. The van der Waals surface area contributed by atoms with Crippen LogP contribution in [-0.2, 0) is 11.3 Å².